The third-order valence-corrected chi connectivity index (χ3v) is 4.40. The summed E-state index contributed by atoms with van der Waals surface area (Å²) in [6.07, 6.45) is 4.30. The van der Waals surface area contributed by atoms with Crippen molar-refractivity contribution in [2.75, 3.05) is 12.0 Å². The van der Waals surface area contributed by atoms with Gasteiger partial charge in [0.15, 0.2) is 11.5 Å². The molecule has 3 aromatic rings. The smallest absolute Gasteiger partial charge is 0.296 e. The van der Waals surface area contributed by atoms with Crippen LogP contribution in [0.5, 0.6) is 5.75 Å². The first-order valence-corrected chi connectivity index (χ1v) is 8.37. The number of carbonyl (C=O) groups excluding carboxylic acids is 2. The van der Waals surface area contributed by atoms with Crippen molar-refractivity contribution >= 4 is 17.6 Å². The van der Waals surface area contributed by atoms with Gasteiger partial charge in [-0.15, -0.1) is 0 Å². The van der Waals surface area contributed by atoms with E-state index >= 15 is 0 Å². The van der Waals surface area contributed by atoms with E-state index < -0.39 is 23.5 Å². The van der Waals surface area contributed by atoms with Crippen LogP contribution in [0.4, 0.5) is 5.95 Å². The van der Waals surface area contributed by atoms with Crippen LogP contribution in [0.1, 0.15) is 22.2 Å². The highest BCUT2D eigenvalue weighted by atomic mass is 16.5. The Morgan fingerprint density at radius 3 is 2.46 bits per heavy atom. The highest BCUT2D eigenvalue weighted by Gasteiger charge is 2.46. The van der Waals surface area contributed by atoms with Gasteiger partial charge in [-0.05, 0) is 35.9 Å². The first-order chi connectivity index (χ1) is 13.6. The van der Waals surface area contributed by atoms with Gasteiger partial charge in [-0.2, -0.15) is 0 Å². The summed E-state index contributed by atoms with van der Waals surface area (Å²) < 4.78 is 10.3. The van der Waals surface area contributed by atoms with Crippen molar-refractivity contribution in [3.05, 3.63) is 83.8 Å². The second-order valence-corrected chi connectivity index (χ2v) is 5.97. The van der Waals surface area contributed by atoms with Gasteiger partial charge in [-0.25, -0.2) is 9.97 Å². The summed E-state index contributed by atoms with van der Waals surface area (Å²) in [5.41, 5.74) is 0.484. The lowest BCUT2D eigenvalue weighted by atomic mass is 9.95. The molecule has 0 saturated carbocycles. The molecule has 28 heavy (non-hydrogen) atoms. The Labute approximate surface area is 159 Å². The summed E-state index contributed by atoms with van der Waals surface area (Å²) in [4.78, 5) is 35.2. The third-order valence-electron chi connectivity index (χ3n) is 4.40. The quantitative estimate of drug-likeness (QED) is 0.682. The van der Waals surface area contributed by atoms with Crippen molar-refractivity contribution in [1.82, 2.24) is 9.97 Å². The van der Waals surface area contributed by atoms with Crippen molar-refractivity contribution in [2.45, 2.75) is 6.04 Å². The number of amides is 1. The third kappa shape index (κ3) is 2.81. The molecule has 0 bridgehead atoms. The van der Waals surface area contributed by atoms with Crippen LogP contribution in [0.3, 0.4) is 0 Å². The van der Waals surface area contributed by atoms with Crippen LogP contribution in [-0.2, 0) is 4.79 Å². The van der Waals surface area contributed by atoms with Crippen LogP contribution in [0.2, 0.25) is 0 Å². The summed E-state index contributed by atoms with van der Waals surface area (Å²) in [7, 11) is 1.54. The zero-order valence-corrected chi connectivity index (χ0v) is 14.8. The van der Waals surface area contributed by atoms with Gasteiger partial charge in [0.1, 0.15) is 5.75 Å². The molecule has 140 valence electrons. The number of methoxy groups -OCH3 is 1. The molecule has 1 N–H and O–H groups in total. The van der Waals surface area contributed by atoms with E-state index in [-0.39, 0.29) is 17.3 Å². The standard InChI is InChI=1S/C20H15N3O5/c1-27-13-7-5-12(6-8-13)16-15(17(24)14-4-2-11-28-14)18(25)19(26)23(16)20-21-9-3-10-22-20/h2-11,16,25H,1H3. The van der Waals surface area contributed by atoms with Gasteiger partial charge >= 0.3 is 0 Å². The van der Waals surface area contributed by atoms with E-state index in [1.807, 2.05) is 0 Å². The summed E-state index contributed by atoms with van der Waals surface area (Å²) >= 11 is 0. The lowest BCUT2D eigenvalue weighted by Crippen LogP contribution is -2.32. The monoisotopic (exact) mass is 377 g/mol. The molecule has 0 fully saturated rings. The molecule has 4 rings (SSSR count). The van der Waals surface area contributed by atoms with E-state index in [1.54, 1.807) is 36.4 Å². The van der Waals surface area contributed by atoms with Crippen LogP contribution in [-0.4, -0.2) is 33.9 Å². The average Bonchev–Trinajstić information content (AvgIpc) is 3.36. The van der Waals surface area contributed by atoms with E-state index in [2.05, 4.69) is 9.97 Å². The second kappa shape index (κ2) is 6.99. The molecule has 0 aliphatic carbocycles. The van der Waals surface area contributed by atoms with Gasteiger partial charge in [0.2, 0.25) is 11.7 Å². The number of ketones is 1. The van der Waals surface area contributed by atoms with Gasteiger partial charge in [-0.3, -0.25) is 14.5 Å². The molecule has 1 aliphatic heterocycles. The minimum Gasteiger partial charge on any atom is -0.503 e. The van der Waals surface area contributed by atoms with Crippen LogP contribution in [0.15, 0.2) is 76.9 Å². The fraction of sp³-hybridized carbons (Fsp3) is 0.100. The number of aliphatic hydroxyl groups excluding tert-OH is 1. The van der Waals surface area contributed by atoms with Crippen LogP contribution >= 0.6 is 0 Å². The maximum Gasteiger partial charge on any atom is 0.296 e. The van der Waals surface area contributed by atoms with Crippen molar-refractivity contribution in [3.63, 3.8) is 0 Å². The number of ether oxygens (including phenoxy) is 1. The van der Waals surface area contributed by atoms with Crippen molar-refractivity contribution < 1.29 is 23.8 Å². The molecule has 1 aliphatic rings. The van der Waals surface area contributed by atoms with E-state index in [1.165, 1.54) is 36.7 Å². The first kappa shape index (κ1) is 17.5. The zero-order chi connectivity index (χ0) is 19.7. The van der Waals surface area contributed by atoms with Crippen LogP contribution < -0.4 is 9.64 Å². The largest absolute Gasteiger partial charge is 0.503 e. The van der Waals surface area contributed by atoms with Crippen molar-refractivity contribution in [1.29, 1.82) is 0 Å². The molecule has 0 saturated heterocycles. The van der Waals surface area contributed by atoms with E-state index in [0.29, 0.717) is 11.3 Å². The number of aliphatic hydroxyl groups is 1. The molecule has 3 heterocycles. The van der Waals surface area contributed by atoms with Gasteiger partial charge in [0.05, 0.1) is 25.0 Å². The number of hydrogen-bond donors (Lipinski definition) is 1. The molecule has 1 aromatic carbocycles. The number of benzene rings is 1. The first-order valence-electron chi connectivity index (χ1n) is 8.37. The predicted octanol–water partition coefficient (Wildman–Crippen LogP) is 2.86. The van der Waals surface area contributed by atoms with Crippen LogP contribution in [0.25, 0.3) is 0 Å². The maximum absolute atomic E-state index is 13.0. The van der Waals surface area contributed by atoms with Gasteiger partial charge in [0.25, 0.3) is 5.91 Å². The van der Waals surface area contributed by atoms with Gasteiger partial charge < -0.3 is 14.3 Å². The molecule has 8 nitrogen and oxygen atoms in total. The molecule has 1 unspecified atom stereocenters. The normalized spacial score (nSPS) is 16.5. The fourth-order valence-electron chi connectivity index (χ4n) is 3.10. The number of hydrogen-bond acceptors (Lipinski definition) is 7. The molecular weight excluding hydrogens is 362 g/mol. The summed E-state index contributed by atoms with van der Waals surface area (Å²) in [5, 5.41) is 10.5. The number of carbonyl (C=O) groups is 2. The minimum absolute atomic E-state index is 0.0173. The number of aromatic nitrogens is 2. The highest BCUT2D eigenvalue weighted by Crippen LogP contribution is 2.41. The molecule has 0 spiro atoms. The Balaban J connectivity index is 1.86. The zero-order valence-electron chi connectivity index (χ0n) is 14.8. The molecule has 8 heteroatoms. The lowest BCUT2D eigenvalue weighted by molar-refractivity contribution is -0.117. The Hall–Kier alpha value is -3.94. The lowest BCUT2D eigenvalue weighted by Gasteiger charge is -2.24. The van der Waals surface area contributed by atoms with Crippen LogP contribution in [0, 0.1) is 0 Å². The Morgan fingerprint density at radius 1 is 1.14 bits per heavy atom. The average molecular weight is 377 g/mol. The Bertz CT molecular complexity index is 1040. The van der Waals surface area contributed by atoms with E-state index in [0.717, 1.165) is 0 Å². The molecular formula is C20H15N3O5. The fourth-order valence-corrected chi connectivity index (χ4v) is 3.10. The van der Waals surface area contributed by atoms with Crippen molar-refractivity contribution in [3.8, 4) is 5.75 Å². The molecule has 0 radical (unpaired) electrons. The van der Waals surface area contributed by atoms with E-state index in [4.69, 9.17) is 9.15 Å². The van der Waals surface area contributed by atoms with E-state index in [9.17, 15) is 14.7 Å². The topological polar surface area (TPSA) is 106 Å². The highest BCUT2D eigenvalue weighted by molar-refractivity contribution is 6.19. The Kier molecular flexibility index (Phi) is 4.36. The summed E-state index contributed by atoms with van der Waals surface area (Å²) in [5.74, 6) is -1.31. The van der Waals surface area contributed by atoms with Gasteiger partial charge in [0, 0.05) is 12.4 Å². The van der Waals surface area contributed by atoms with Gasteiger partial charge in [-0.1, -0.05) is 12.1 Å². The summed E-state index contributed by atoms with van der Waals surface area (Å²) in [6.45, 7) is 0. The summed E-state index contributed by atoms with van der Waals surface area (Å²) in [6, 6.07) is 10.5. The Morgan fingerprint density at radius 2 is 1.86 bits per heavy atom. The number of nitrogens with zero attached hydrogens (tertiary/aromatic N) is 3. The molecule has 2 aromatic heterocycles. The number of furan rings is 1. The predicted molar refractivity (Wildman–Crippen MR) is 97.9 cm³/mol. The van der Waals surface area contributed by atoms with Crippen molar-refractivity contribution in [2.24, 2.45) is 0 Å². The maximum atomic E-state index is 13.0. The number of Topliss-reactive ketones (excluding diaryl/α,β-unsaturated/α-hetero) is 1. The second-order valence-electron chi connectivity index (χ2n) is 5.97. The number of anilines is 1. The number of rotatable bonds is 5. The SMILES string of the molecule is COc1ccc(C2C(C(=O)c3ccco3)=C(O)C(=O)N2c2ncccn2)cc1. The molecule has 1 amide bonds. The molecule has 1 atom stereocenters. The minimum atomic E-state index is -0.918.